The predicted octanol–water partition coefficient (Wildman–Crippen LogP) is -0.698. The molecule has 110 valence electrons. The van der Waals surface area contributed by atoms with Gasteiger partial charge in [0.05, 0.1) is 26.2 Å². The molecule has 0 aliphatic carbocycles. The fourth-order valence-corrected chi connectivity index (χ4v) is 1.09. The number of carboxylic acid groups (broad SMARTS) is 1. The van der Waals surface area contributed by atoms with Crippen LogP contribution in [0.3, 0.4) is 0 Å². The van der Waals surface area contributed by atoms with Crippen LogP contribution in [0.4, 0.5) is 4.79 Å². The van der Waals surface area contributed by atoms with E-state index in [1.54, 1.807) is 0 Å². The van der Waals surface area contributed by atoms with Crippen molar-refractivity contribution in [2.45, 2.75) is 26.3 Å². The summed E-state index contributed by atoms with van der Waals surface area (Å²) in [4.78, 5) is 32.6. The number of rotatable bonds is 9. The maximum Gasteiger partial charge on any atom is 0.315 e. The van der Waals surface area contributed by atoms with Gasteiger partial charge in [-0.3, -0.25) is 9.59 Å². The number of hydrogen-bond donors (Lipinski definition) is 4. The summed E-state index contributed by atoms with van der Waals surface area (Å²) in [5.41, 5.74) is 0. The van der Waals surface area contributed by atoms with Gasteiger partial charge in [0.2, 0.25) is 5.91 Å². The number of amides is 3. The van der Waals surface area contributed by atoms with E-state index in [0.29, 0.717) is 0 Å². The monoisotopic (exact) mass is 275 g/mol. The van der Waals surface area contributed by atoms with Crippen LogP contribution in [0.25, 0.3) is 0 Å². The van der Waals surface area contributed by atoms with Gasteiger partial charge in [0.15, 0.2) is 0 Å². The summed E-state index contributed by atoms with van der Waals surface area (Å²) in [6.07, 6.45) is -0.0679. The second-order valence-electron chi connectivity index (χ2n) is 4.09. The first-order valence-corrected chi connectivity index (χ1v) is 6.02. The Labute approximate surface area is 111 Å². The van der Waals surface area contributed by atoms with Gasteiger partial charge < -0.3 is 25.8 Å². The van der Waals surface area contributed by atoms with Gasteiger partial charge in [-0.15, -0.1) is 0 Å². The normalized spacial score (nSPS) is 10.1. The first-order chi connectivity index (χ1) is 8.91. The lowest BCUT2D eigenvalue weighted by Crippen LogP contribution is -2.44. The van der Waals surface area contributed by atoms with Crippen LogP contribution in [-0.2, 0) is 14.3 Å². The minimum absolute atomic E-state index is 0.0278. The van der Waals surface area contributed by atoms with Crippen molar-refractivity contribution >= 4 is 17.9 Å². The van der Waals surface area contributed by atoms with Crippen LogP contribution in [0.2, 0.25) is 0 Å². The van der Waals surface area contributed by atoms with E-state index in [4.69, 9.17) is 9.84 Å². The van der Waals surface area contributed by atoms with Crippen LogP contribution in [0.15, 0.2) is 0 Å². The molecule has 8 heteroatoms. The van der Waals surface area contributed by atoms with E-state index in [0.717, 1.165) is 0 Å². The number of carbonyl (C=O) groups excluding carboxylic acids is 2. The molecule has 0 fully saturated rings. The minimum Gasteiger partial charge on any atom is -0.481 e. The molecule has 0 heterocycles. The second kappa shape index (κ2) is 10.1. The molecule has 3 amide bonds. The van der Waals surface area contributed by atoms with Crippen LogP contribution in [0.1, 0.15) is 20.3 Å². The third-order valence-corrected chi connectivity index (χ3v) is 1.85. The smallest absolute Gasteiger partial charge is 0.315 e. The van der Waals surface area contributed by atoms with Crippen molar-refractivity contribution in [1.29, 1.82) is 0 Å². The number of carbonyl (C=O) groups is 3. The molecule has 19 heavy (non-hydrogen) atoms. The van der Waals surface area contributed by atoms with Crippen molar-refractivity contribution in [2.24, 2.45) is 0 Å². The molecule has 0 aliphatic heterocycles. The summed E-state index contributed by atoms with van der Waals surface area (Å²) in [6.45, 7) is 4.13. The molecule has 0 aromatic rings. The maximum atomic E-state index is 11.2. The van der Waals surface area contributed by atoms with Gasteiger partial charge in [0.1, 0.15) is 0 Å². The highest BCUT2D eigenvalue weighted by atomic mass is 16.5. The Morgan fingerprint density at radius 3 is 2.42 bits per heavy atom. The molecule has 0 aromatic carbocycles. The Balaban J connectivity index is 3.44. The van der Waals surface area contributed by atoms with E-state index >= 15 is 0 Å². The topological polar surface area (TPSA) is 117 Å². The molecular formula is C11H21N3O5. The highest BCUT2D eigenvalue weighted by Crippen LogP contribution is 1.81. The molecule has 0 aliphatic rings. The lowest BCUT2D eigenvalue weighted by atomic mass is 10.4. The third kappa shape index (κ3) is 12.4. The van der Waals surface area contributed by atoms with Crippen molar-refractivity contribution in [3.63, 3.8) is 0 Å². The van der Waals surface area contributed by atoms with Gasteiger partial charge >= 0.3 is 12.0 Å². The fourth-order valence-electron chi connectivity index (χ4n) is 1.09. The van der Waals surface area contributed by atoms with Crippen LogP contribution >= 0.6 is 0 Å². The Bertz CT molecular complexity index is 307. The molecule has 0 spiro atoms. The van der Waals surface area contributed by atoms with Crippen molar-refractivity contribution in [1.82, 2.24) is 16.0 Å². The molecule has 0 rings (SSSR count). The standard InChI is InChI=1S/C11H21N3O5/c1-8(2)14-9(15)7-13-11(18)12-4-6-19-5-3-10(16)17/h8H,3-7H2,1-2H3,(H,14,15)(H,16,17)(H2,12,13,18). The average Bonchev–Trinajstić information content (AvgIpc) is 2.29. The second-order valence-corrected chi connectivity index (χ2v) is 4.09. The van der Waals surface area contributed by atoms with Crippen molar-refractivity contribution in [3.8, 4) is 0 Å². The molecular weight excluding hydrogens is 254 g/mol. The lowest BCUT2D eigenvalue weighted by molar-refractivity contribution is -0.138. The Hall–Kier alpha value is -1.83. The zero-order chi connectivity index (χ0) is 14.7. The van der Waals surface area contributed by atoms with E-state index in [2.05, 4.69) is 16.0 Å². The van der Waals surface area contributed by atoms with Crippen LogP contribution < -0.4 is 16.0 Å². The molecule has 8 nitrogen and oxygen atoms in total. The summed E-state index contributed by atoms with van der Waals surface area (Å²) >= 11 is 0. The largest absolute Gasteiger partial charge is 0.481 e. The summed E-state index contributed by atoms with van der Waals surface area (Å²) in [5.74, 6) is -1.19. The number of ether oxygens (including phenoxy) is 1. The van der Waals surface area contributed by atoms with E-state index in [1.165, 1.54) is 0 Å². The first kappa shape index (κ1) is 17.2. The number of hydrogen-bond acceptors (Lipinski definition) is 4. The zero-order valence-corrected chi connectivity index (χ0v) is 11.2. The molecule has 0 unspecified atom stereocenters. The minimum atomic E-state index is -0.929. The molecule has 0 aromatic heterocycles. The predicted molar refractivity (Wildman–Crippen MR) is 67.8 cm³/mol. The van der Waals surface area contributed by atoms with Gasteiger partial charge in [-0.2, -0.15) is 0 Å². The quantitative estimate of drug-likeness (QED) is 0.415. The van der Waals surface area contributed by atoms with Gasteiger partial charge in [-0.05, 0) is 13.8 Å². The fraction of sp³-hybridized carbons (Fsp3) is 0.727. The van der Waals surface area contributed by atoms with E-state index < -0.39 is 12.0 Å². The Morgan fingerprint density at radius 1 is 1.16 bits per heavy atom. The number of nitrogens with one attached hydrogen (secondary N) is 3. The molecule has 0 atom stereocenters. The van der Waals surface area contributed by atoms with Crippen molar-refractivity contribution in [2.75, 3.05) is 26.3 Å². The van der Waals surface area contributed by atoms with Crippen LogP contribution in [-0.4, -0.2) is 55.4 Å². The lowest BCUT2D eigenvalue weighted by Gasteiger charge is -2.10. The van der Waals surface area contributed by atoms with Gasteiger partial charge in [-0.1, -0.05) is 0 Å². The number of aliphatic carboxylic acids is 1. The third-order valence-electron chi connectivity index (χ3n) is 1.85. The SMILES string of the molecule is CC(C)NC(=O)CNC(=O)NCCOCCC(=O)O. The van der Waals surface area contributed by atoms with E-state index in [1.807, 2.05) is 13.8 Å². The Morgan fingerprint density at radius 2 is 1.84 bits per heavy atom. The van der Waals surface area contributed by atoms with Gasteiger partial charge in [0, 0.05) is 12.6 Å². The zero-order valence-electron chi connectivity index (χ0n) is 11.2. The molecule has 0 saturated carbocycles. The number of carboxylic acids is 1. The van der Waals surface area contributed by atoms with Gasteiger partial charge in [-0.25, -0.2) is 4.79 Å². The van der Waals surface area contributed by atoms with Gasteiger partial charge in [0.25, 0.3) is 0 Å². The van der Waals surface area contributed by atoms with E-state index in [9.17, 15) is 14.4 Å². The highest BCUT2D eigenvalue weighted by Gasteiger charge is 2.05. The highest BCUT2D eigenvalue weighted by molar-refractivity contribution is 5.83. The molecule has 0 bridgehead atoms. The summed E-state index contributed by atoms with van der Waals surface area (Å²) < 4.78 is 4.97. The molecule has 0 radical (unpaired) electrons. The Kier molecular flexibility index (Phi) is 9.15. The van der Waals surface area contributed by atoms with Crippen molar-refractivity contribution < 1.29 is 24.2 Å². The first-order valence-electron chi connectivity index (χ1n) is 6.02. The summed E-state index contributed by atoms with van der Waals surface area (Å²) in [5, 5.41) is 15.8. The maximum absolute atomic E-state index is 11.2. The molecule has 0 saturated heterocycles. The van der Waals surface area contributed by atoms with Crippen LogP contribution in [0.5, 0.6) is 0 Å². The van der Waals surface area contributed by atoms with Crippen LogP contribution in [0, 0.1) is 0 Å². The summed E-state index contributed by atoms with van der Waals surface area (Å²) in [7, 11) is 0. The van der Waals surface area contributed by atoms with Crippen molar-refractivity contribution in [3.05, 3.63) is 0 Å². The number of urea groups is 1. The summed E-state index contributed by atoms with van der Waals surface area (Å²) in [6, 6.07) is -0.444. The average molecular weight is 275 g/mol. The molecule has 4 N–H and O–H groups in total. The van der Waals surface area contributed by atoms with E-state index in [-0.39, 0.29) is 44.7 Å².